The summed E-state index contributed by atoms with van der Waals surface area (Å²) in [7, 11) is -2.92. The third-order valence-corrected chi connectivity index (χ3v) is 11.5. The lowest BCUT2D eigenvalue weighted by atomic mass is 9.82. The van der Waals surface area contributed by atoms with Gasteiger partial charge in [0.1, 0.15) is 0 Å². The van der Waals surface area contributed by atoms with Gasteiger partial charge in [-0.15, -0.1) is 6.58 Å². The van der Waals surface area contributed by atoms with E-state index in [-0.39, 0.29) is 42.3 Å². The van der Waals surface area contributed by atoms with Crippen LogP contribution in [0.1, 0.15) is 44.6 Å². The van der Waals surface area contributed by atoms with Crippen molar-refractivity contribution in [3.63, 3.8) is 0 Å². The highest BCUT2D eigenvalue weighted by molar-refractivity contribution is 6.71. The molecule has 1 aromatic rings. The summed E-state index contributed by atoms with van der Waals surface area (Å²) >= 11 is 0. The average Bonchev–Trinajstić information content (AvgIpc) is 3.62. The summed E-state index contributed by atoms with van der Waals surface area (Å²) < 4.78 is 6.76. The molecule has 4 aliphatic rings. The number of hydrogen-bond acceptors (Lipinski definition) is 6. The summed E-state index contributed by atoms with van der Waals surface area (Å²) in [6, 6.07) is 5.43. The second kappa shape index (κ2) is 9.89. The molecule has 0 unspecified atom stereocenters. The molecule has 1 spiro atoms. The Labute approximate surface area is 225 Å². The van der Waals surface area contributed by atoms with Crippen molar-refractivity contribution >= 4 is 37.4 Å². The first kappa shape index (κ1) is 27.0. The van der Waals surface area contributed by atoms with Crippen LogP contribution in [-0.2, 0) is 24.7 Å². The first-order valence-corrected chi connectivity index (χ1v) is 16.7. The zero-order valence-electron chi connectivity index (χ0n) is 22.6. The topological polar surface area (TPSA) is 111 Å². The molecule has 1 aromatic carbocycles. The number of carbonyl (C=O) groups is 3. The summed E-state index contributed by atoms with van der Waals surface area (Å²) in [4.78, 5) is 56.7. The number of aliphatic hydroxyl groups excluding tert-OH is 1. The van der Waals surface area contributed by atoms with E-state index in [1.165, 1.54) is 0 Å². The Balaban J connectivity index is 1.57. The highest BCUT2D eigenvalue weighted by Crippen LogP contribution is 2.60. The summed E-state index contributed by atoms with van der Waals surface area (Å²) in [6.07, 6.45) is 3.95. The zero-order chi connectivity index (χ0) is 27.4. The number of rotatable bonds is 7. The minimum absolute atomic E-state index is 0.0403. The normalized spacial score (nSPS) is 31.1. The third kappa shape index (κ3) is 4.13. The van der Waals surface area contributed by atoms with Gasteiger partial charge in [-0.1, -0.05) is 13.0 Å². The standard InChI is InChI=1S/C28H39N3O6Si/c1-5-12-31-22-11-10-19(29-14-7-9-24(29)33)15-21(22)28(27(31)35)18(2)26(38(3,4)36)23(37-28)16-25(34)30-13-6-8-20(30)17-32/h5,10-11,15,18,20,23,26,32,36H,1,6-9,12-14,16-17H2,2-4H3/t18-,20-,23+,26-,28+/m0/s1. The van der Waals surface area contributed by atoms with E-state index in [4.69, 9.17) is 4.74 Å². The fraction of sp³-hybridized carbons (Fsp3) is 0.607. The Morgan fingerprint density at radius 2 is 2.03 bits per heavy atom. The number of ether oxygens (including phenoxy) is 1. The van der Waals surface area contributed by atoms with Gasteiger partial charge in [-0.3, -0.25) is 14.4 Å². The van der Waals surface area contributed by atoms with Crippen LogP contribution in [0, 0.1) is 5.92 Å². The number of likely N-dealkylation sites (tertiary alicyclic amines) is 1. The second-order valence-electron chi connectivity index (χ2n) is 11.7. The van der Waals surface area contributed by atoms with E-state index in [0.29, 0.717) is 37.3 Å². The summed E-state index contributed by atoms with van der Waals surface area (Å²) in [5, 5.41) is 9.75. The Morgan fingerprint density at radius 3 is 2.66 bits per heavy atom. The van der Waals surface area contributed by atoms with Crippen LogP contribution >= 0.6 is 0 Å². The number of nitrogens with zero attached hydrogens (tertiary/aromatic N) is 3. The molecule has 0 saturated carbocycles. The molecule has 5 rings (SSSR count). The maximum absolute atomic E-state index is 14.2. The molecule has 5 atom stereocenters. The summed E-state index contributed by atoms with van der Waals surface area (Å²) in [5.74, 6) is -0.688. The van der Waals surface area contributed by atoms with Gasteiger partial charge in [0, 0.05) is 48.8 Å². The molecular formula is C28H39N3O6Si. The number of carbonyl (C=O) groups excluding carboxylic acids is 3. The lowest BCUT2D eigenvalue weighted by Crippen LogP contribution is -2.46. The van der Waals surface area contributed by atoms with Crippen LogP contribution < -0.4 is 9.80 Å². The van der Waals surface area contributed by atoms with Crippen LogP contribution in [-0.4, -0.2) is 79.2 Å². The van der Waals surface area contributed by atoms with E-state index in [1.807, 2.05) is 38.2 Å². The summed E-state index contributed by atoms with van der Waals surface area (Å²) in [6.45, 7) is 10.9. The smallest absolute Gasteiger partial charge is 0.264 e. The largest absolute Gasteiger partial charge is 0.432 e. The number of benzene rings is 1. The van der Waals surface area contributed by atoms with E-state index in [9.17, 15) is 24.3 Å². The molecule has 4 aliphatic heterocycles. The van der Waals surface area contributed by atoms with Gasteiger partial charge in [0.25, 0.3) is 5.91 Å². The molecule has 4 heterocycles. The molecular weight excluding hydrogens is 502 g/mol. The number of hydrogen-bond donors (Lipinski definition) is 2. The van der Waals surface area contributed by atoms with E-state index in [2.05, 4.69) is 6.58 Å². The van der Waals surface area contributed by atoms with Crippen molar-refractivity contribution in [1.29, 1.82) is 0 Å². The van der Waals surface area contributed by atoms with Crippen molar-refractivity contribution in [3.05, 3.63) is 36.4 Å². The first-order valence-electron chi connectivity index (χ1n) is 13.7. The minimum atomic E-state index is -2.92. The molecule has 3 saturated heterocycles. The monoisotopic (exact) mass is 541 g/mol. The number of amides is 3. The highest BCUT2D eigenvalue weighted by Gasteiger charge is 2.66. The van der Waals surface area contributed by atoms with E-state index in [0.717, 1.165) is 24.9 Å². The quantitative estimate of drug-likeness (QED) is 0.406. The van der Waals surface area contributed by atoms with E-state index >= 15 is 0 Å². The van der Waals surface area contributed by atoms with Crippen LogP contribution in [0.15, 0.2) is 30.9 Å². The molecule has 10 heteroatoms. The van der Waals surface area contributed by atoms with Gasteiger partial charge in [-0.2, -0.15) is 0 Å². The lowest BCUT2D eigenvalue weighted by molar-refractivity contribution is -0.149. The van der Waals surface area contributed by atoms with Crippen molar-refractivity contribution in [2.75, 3.05) is 36.0 Å². The van der Waals surface area contributed by atoms with Crippen molar-refractivity contribution in [2.45, 2.75) is 75.4 Å². The van der Waals surface area contributed by atoms with Gasteiger partial charge >= 0.3 is 0 Å². The van der Waals surface area contributed by atoms with Crippen LogP contribution in [0.2, 0.25) is 18.6 Å². The van der Waals surface area contributed by atoms with Crippen molar-refractivity contribution in [1.82, 2.24) is 4.90 Å². The van der Waals surface area contributed by atoms with Gasteiger partial charge in [0.05, 0.1) is 30.9 Å². The van der Waals surface area contributed by atoms with Crippen LogP contribution in [0.5, 0.6) is 0 Å². The fourth-order valence-corrected chi connectivity index (χ4v) is 9.86. The SMILES string of the molecule is C=CCN1C(=O)[C@]2(O[C@H](CC(=O)N3CCC[C@H]3CO)[C@@H]([Si](C)(C)O)[C@@H]2C)c2cc(N3CCCC3=O)ccc21. The van der Waals surface area contributed by atoms with Gasteiger partial charge < -0.3 is 29.3 Å². The minimum Gasteiger partial charge on any atom is -0.432 e. The van der Waals surface area contributed by atoms with Gasteiger partial charge in [-0.25, -0.2) is 0 Å². The molecule has 206 valence electrons. The molecule has 0 radical (unpaired) electrons. The molecule has 0 aliphatic carbocycles. The maximum Gasteiger partial charge on any atom is 0.264 e. The zero-order valence-corrected chi connectivity index (χ0v) is 23.6. The summed E-state index contributed by atoms with van der Waals surface area (Å²) in [5.41, 5.74) is 0.372. The van der Waals surface area contributed by atoms with Gasteiger partial charge in [0.2, 0.25) is 11.8 Å². The van der Waals surface area contributed by atoms with Crippen molar-refractivity contribution in [3.8, 4) is 0 Å². The molecule has 3 fully saturated rings. The van der Waals surface area contributed by atoms with Gasteiger partial charge in [0.15, 0.2) is 13.9 Å². The van der Waals surface area contributed by atoms with Crippen LogP contribution in [0.3, 0.4) is 0 Å². The van der Waals surface area contributed by atoms with Crippen molar-refractivity contribution in [2.24, 2.45) is 5.92 Å². The van der Waals surface area contributed by atoms with Gasteiger partial charge in [-0.05, 0) is 50.6 Å². The van der Waals surface area contributed by atoms with E-state index < -0.39 is 25.9 Å². The Kier molecular flexibility index (Phi) is 7.04. The molecule has 2 N–H and O–H groups in total. The van der Waals surface area contributed by atoms with Crippen LogP contribution in [0.4, 0.5) is 11.4 Å². The van der Waals surface area contributed by atoms with Crippen LogP contribution in [0.25, 0.3) is 0 Å². The maximum atomic E-state index is 14.2. The number of aliphatic hydroxyl groups is 1. The molecule has 9 nitrogen and oxygen atoms in total. The molecule has 0 aromatic heterocycles. The number of anilines is 2. The van der Waals surface area contributed by atoms with E-state index in [1.54, 1.807) is 20.8 Å². The Bertz CT molecular complexity index is 1150. The molecule has 3 amide bonds. The average molecular weight is 542 g/mol. The number of fused-ring (bicyclic) bond motifs is 2. The third-order valence-electron chi connectivity index (χ3n) is 8.95. The highest BCUT2D eigenvalue weighted by atomic mass is 28.4. The molecule has 0 bridgehead atoms. The fourth-order valence-electron chi connectivity index (χ4n) is 7.31. The second-order valence-corrected chi connectivity index (χ2v) is 15.7. The predicted octanol–water partition coefficient (Wildman–Crippen LogP) is 2.52. The molecule has 38 heavy (non-hydrogen) atoms. The Morgan fingerprint density at radius 1 is 1.26 bits per heavy atom. The van der Waals surface area contributed by atoms with Crippen molar-refractivity contribution < 1.29 is 29.0 Å². The first-order chi connectivity index (χ1) is 18.0. The Hall–Kier alpha value is -2.53. The lowest BCUT2D eigenvalue weighted by Gasteiger charge is -2.33. The predicted molar refractivity (Wildman–Crippen MR) is 146 cm³/mol.